The number of rotatable bonds is 4. The van der Waals surface area contributed by atoms with Crippen molar-refractivity contribution in [3.63, 3.8) is 0 Å². The van der Waals surface area contributed by atoms with E-state index in [0.29, 0.717) is 6.54 Å². The molecule has 2 aliphatic rings. The fraction of sp³-hybridized carbons (Fsp3) is 0.421. The highest BCUT2D eigenvalue weighted by atomic mass is 16.6. The highest BCUT2D eigenvalue weighted by molar-refractivity contribution is 5.89. The Balaban J connectivity index is 0.000000471. The van der Waals surface area contributed by atoms with Crippen LogP contribution in [0.25, 0.3) is 0 Å². The number of nitrogens with zero attached hydrogens (tertiary/aromatic N) is 2. The van der Waals surface area contributed by atoms with Crippen molar-refractivity contribution in [2.45, 2.75) is 13.0 Å². The fourth-order valence-electron chi connectivity index (χ4n) is 2.62. The highest BCUT2D eigenvalue weighted by Gasteiger charge is 2.33. The third-order valence-electron chi connectivity index (χ3n) is 3.95. The average molecular weight is 330 g/mol. The third-order valence-corrected chi connectivity index (χ3v) is 3.95. The molecule has 5 heteroatoms. The van der Waals surface area contributed by atoms with Crippen LogP contribution in [0.15, 0.2) is 49.6 Å². The van der Waals surface area contributed by atoms with Crippen molar-refractivity contribution in [2.75, 3.05) is 44.3 Å². The van der Waals surface area contributed by atoms with Gasteiger partial charge in [0.15, 0.2) is 0 Å². The maximum atomic E-state index is 12.0. The topological polar surface area (TPSA) is 42.0 Å². The fourth-order valence-corrected chi connectivity index (χ4v) is 2.62. The number of aryl methyl sites for hydroxylation is 1. The zero-order chi connectivity index (χ0) is 17.4. The van der Waals surface area contributed by atoms with E-state index >= 15 is 0 Å². The van der Waals surface area contributed by atoms with E-state index in [1.807, 2.05) is 31.2 Å². The van der Waals surface area contributed by atoms with E-state index < -0.39 is 0 Å². The van der Waals surface area contributed by atoms with Gasteiger partial charge in [0.2, 0.25) is 0 Å². The molecule has 1 unspecified atom stereocenters. The molecule has 2 fully saturated rings. The van der Waals surface area contributed by atoms with Gasteiger partial charge in [0, 0.05) is 25.3 Å². The zero-order valence-corrected chi connectivity index (χ0v) is 14.3. The number of carbonyl (C=O) groups is 1. The number of amides is 1. The second kappa shape index (κ2) is 9.25. The van der Waals surface area contributed by atoms with Gasteiger partial charge in [-0.2, -0.15) is 0 Å². The van der Waals surface area contributed by atoms with Crippen LogP contribution in [-0.4, -0.2) is 56.5 Å². The third kappa shape index (κ3) is 5.22. The standard InChI is InChI=1S/C15H20N2O3.C4H6/c1-12-2-4-13(5-3-12)17-11-14(20-15(17)18)10-16-6-8-19-9-7-16;1-3-4-2/h2-5,14H,6-11H2,1H3;3-4H,1-2H2. The van der Waals surface area contributed by atoms with Crippen LogP contribution in [0.2, 0.25) is 0 Å². The summed E-state index contributed by atoms with van der Waals surface area (Å²) in [6.07, 6.45) is 2.98. The van der Waals surface area contributed by atoms with Gasteiger partial charge >= 0.3 is 6.09 Å². The predicted molar refractivity (Wildman–Crippen MR) is 96.4 cm³/mol. The number of allylic oxidation sites excluding steroid dienone is 2. The Morgan fingerprint density at radius 2 is 1.79 bits per heavy atom. The second-order valence-electron chi connectivity index (χ2n) is 5.84. The first-order chi connectivity index (χ1) is 11.6. The lowest BCUT2D eigenvalue weighted by atomic mass is 10.2. The van der Waals surface area contributed by atoms with Gasteiger partial charge < -0.3 is 9.47 Å². The second-order valence-corrected chi connectivity index (χ2v) is 5.84. The lowest BCUT2D eigenvalue weighted by Gasteiger charge is -2.28. The van der Waals surface area contributed by atoms with Crippen molar-refractivity contribution < 1.29 is 14.3 Å². The molecule has 1 aromatic carbocycles. The van der Waals surface area contributed by atoms with Crippen LogP contribution in [0.4, 0.5) is 10.5 Å². The molecule has 1 atom stereocenters. The largest absolute Gasteiger partial charge is 0.443 e. The van der Waals surface area contributed by atoms with Gasteiger partial charge in [0.1, 0.15) is 6.10 Å². The van der Waals surface area contributed by atoms with Gasteiger partial charge in [-0.05, 0) is 19.1 Å². The summed E-state index contributed by atoms with van der Waals surface area (Å²) in [5.74, 6) is 0. The lowest BCUT2D eigenvalue weighted by Crippen LogP contribution is -2.42. The number of hydrogen-bond donors (Lipinski definition) is 0. The maximum absolute atomic E-state index is 12.0. The Kier molecular flexibility index (Phi) is 7.03. The first-order valence-corrected chi connectivity index (χ1v) is 8.22. The van der Waals surface area contributed by atoms with E-state index in [2.05, 4.69) is 18.1 Å². The van der Waals surface area contributed by atoms with Gasteiger partial charge in [-0.3, -0.25) is 9.80 Å². The minimum Gasteiger partial charge on any atom is -0.443 e. The van der Waals surface area contributed by atoms with E-state index in [0.717, 1.165) is 38.5 Å². The van der Waals surface area contributed by atoms with Gasteiger partial charge in [-0.15, -0.1) is 0 Å². The molecule has 130 valence electrons. The van der Waals surface area contributed by atoms with Crippen molar-refractivity contribution in [3.8, 4) is 0 Å². The van der Waals surface area contributed by atoms with E-state index in [-0.39, 0.29) is 12.2 Å². The van der Waals surface area contributed by atoms with Crippen LogP contribution >= 0.6 is 0 Å². The number of hydrogen-bond acceptors (Lipinski definition) is 4. The van der Waals surface area contributed by atoms with Crippen LogP contribution in [0, 0.1) is 6.92 Å². The SMILES string of the molecule is C=CC=C.Cc1ccc(N2CC(CN3CCOCC3)OC2=O)cc1. The molecule has 5 nitrogen and oxygen atoms in total. The molecule has 0 N–H and O–H groups in total. The summed E-state index contributed by atoms with van der Waals surface area (Å²) < 4.78 is 10.8. The highest BCUT2D eigenvalue weighted by Crippen LogP contribution is 2.22. The first kappa shape index (κ1) is 18.2. The van der Waals surface area contributed by atoms with Crippen molar-refractivity contribution in [1.82, 2.24) is 4.90 Å². The number of carbonyl (C=O) groups excluding carboxylic acids is 1. The van der Waals surface area contributed by atoms with Gasteiger partial charge in [-0.25, -0.2) is 4.79 Å². The quantitative estimate of drug-likeness (QED) is 0.796. The minimum absolute atomic E-state index is 0.0538. The maximum Gasteiger partial charge on any atom is 0.414 e. The van der Waals surface area contributed by atoms with Gasteiger partial charge in [0.25, 0.3) is 0 Å². The molecular formula is C19H26N2O3. The number of anilines is 1. The molecule has 0 aromatic heterocycles. The molecule has 24 heavy (non-hydrogen) atoms. The molecule has 3 rings (SSSR count). The van der Waals surface area contributed by atoms with Crippen molar-refractivity contribution in [3.05, 3.63) is 55.1 Å². The molecule has 0 spiro atoms. The lowest BCUT2D eigenvalue weighted by molar-refractivity contribution is 0.0188. The number of benzene rings is 1. The Morgan fingerprint density at radius 3 is 2.38 bits per heavy atom. The molecule has 1 aromatic rings. The summed E-state index contributed by atoms with van der Waals surface area (Å²) >= 11 is 0. The van der Waals surface area contributed by atoms with Crippen LogP contribution in [0.5, 0.6) is 0 Å². The van der Waals surface area contributed by atoms with E-state index in [1.165, 1.54) is 5.56 Å². The summed E-state index contributed by atoms with van der Waals surface area (Å²) in [5.41, 5.74) is 2.09. The first-order valence-electron chi connectivity index (χ1n) is 8.22. The minimum atomic E-state index is -0.243. The molecule has 0 saturated carbocycles. The van der Waals surface area contributed by atoms with Crippen LogP contribution in [-0.2, 0) is 9.47 Å². The van der Waals surface area contributed by atoms with Crippen molar-refractivity contribution in [2.24, 2.45) is 0 Å². The molecule has 0 bridgehead atoms. The Morgan fingerprint density at radius 1 is 1.17 bits per heavy atom. The van der Waals surface area contributed by atoms with Gasteiger partial charge in [-0.1, -0.05) is 43.0 Å². The van der Waals surface area contributed by atoms with E-state index in [4.69, 9.17) is 9.47 Å². The zero-order valence-electron chi connectivity index (χ0n) is 14.3. The monoisotopic (exact) mass is 330 g/mol. The average Bonchev–Trinajstić information content (AvgIpc) is 2.97. The van der Waals surface area contributed by atoms with Crippen LogP contribution < -0.4 is 4.90 Å². The molecule has 2 heterocycles. The van der Waals surface area contributed by atoms with Crippen LogP contribution in [0.3, 0.4) is 0 Å². The Hall–Kier alpha value is -2.11. The number of morpholine rings is 1. The molecule has 2 aliphatic heterocycles. The summed E-state index contributed by atoms with van der Waals surface area (Å²) in [6, 6.07) is 7.96. The van der Waals surface area contributed by atoms with Crippen LogP contribution in [0.1, 0.15) is 5.56 Å². The molecule has 0 radical (unpaired) electrons. The summed E-state index contributed by atoms with van der Waals surface area (Å²) in [7, 11) is 0. The van der Waals surface area contributed by atoms with E-state index in [9.17, 15) is 4.79 Å². The smallest absolute Gasteiger partial charge is 0.414 e. The molecule has 2 saturated heterocycles. The predicted octanol–water partition coefficient (Wildman–Crippen LogP) is 3.01. The number of cyclic esters (lactones) is 1. The van der Waals surface area contributed by atoms with Crippen molar-refractivity contribution >= 4 is 11.8 Å². The number of ether oxygens (including phenoxy) is 2. The molecular weight excluding hydrogens is 304 g/mol. The molecule has 1 amide bonds. The Labute approximate surface area is 144 Å². The summed E-state index contributed by atoms with van der Waals surface area (Å²) in [5, 5.41) is 0. The van der Waals surface area contributed by atoms with Crippen molar-refractivity contribution in [1.29, 1.82) is 0 Å². The summed E-state index contributed by atoms with van der Waals surface area (Å²) in [4.78, 5) is 16.0. The van der Waals surface area contributed by atoms with Gasteiger partial charge in [0.05, 0.1) is 19.8 Å². The Bertz CT molecular complexity index is 544. The molecule has 0 aliphatic carbocycles. The summed E-state index contributed by atoms with van der Waals surface area (Å²) in [6.45, 7) is 13.5. The van der Waals surface area contributed by atoms with E-state index in [1.54, 1.807) is 17.1 Å². The normalized spacial score (nSPS) is 20.8.